The van der Waals surface area contributed by atoms with Gasteiger partial charge in [0.25, 0.3) is 5.91 Å². The molecule has 4 rings (SSSR count). The molecule has 9 nitrogen and oxygen atoms in total. The molecule has 32 heavy (non-hydrogen) atoms. The minimum Gasteiger partial charge on any atom is -0.479 e. The Balaban J connectivity index is 1.42. The Kier molecular flexibility index (Phi) is 5.83. The van der Waals surface area contributed by atoms with Crippen LogP contribution in [0.5, 0.6) is 5.75 Å². The quantitative estimate of drug-likeness (QED) is 0.735. The minimum absolute atomic E-state index is 0.0722. The van der Waals surface area contributed by atoms with E-state index in [-0.39, 0.29) is 43.0 Å². The number of hydrogen-bond acceptors (Lipinski definition) is 5. The maximum Gasteiger partial charge on any atom is 0.321 e. The Morgan fingerprint density at radius 3 is 2.53 bits per heavy atom. The number of hydrogen-bond donors (Lipinski definition) is 2. The van der Waals surface area contributed by atoms with E-state index >= 15 is 0 Å². The van der Waals surface area contributed by atoms with E-state index in [1.54, 1.807) is 17.9 Å². The number of ether oxygens (including phenoxy) is 1. The summed E-state index contributed by atoms with van der Waals surface area (Å²) in [7, 11) is -3.78. The van der Waals surface area contributed by atoms with Crippen LogP contribution in [-0.2, 0) is 14.8 Å². The number of nitrogens with one attached hydrogen (secondary N) is 2. The highest BCUT2D eigenvalue weighted by atomic mass is 32.2. The van der Waals surface area contributed by atoms with Crippen molar-refractivity contribution in [3.8, 4) is 5.75 Å². The van der Waals surface area contributed by atoms with Gasteiger partial charge in [-0.25, -0.2) is 13.2 Å². The summed E-state index contributed by atoms with van der Waals surface area (Å²) in [6.07, 6.45) is -0.632. The van der Waals surface area contributed by atoms with E-state index in [0.717, 1.165) is 16.8 Å². The zero-order valence-corrected chi connectivity index (χ0v) is 19.0. The first-order valence-corrected chi connectivity index (χ1v) is 11.8. The van der Waals surface area contributed by atoms with Gasteiger partial charge in [-0.15, -0.1) is 0 Å². The van der Waals surface area contributed by atoms with Crippen LogP contribution in [0.1, 0.15) is 18.1 Å². The highest BCUT2D eigenvalue weighted by molar-refractivity contribution is 7.89. The summed E-state index contributed by atoms with van der Waals surface area (Å²) in [6.45, 7) is 6.41. The molecule has 2 aromatic rings. The second kappa shape index (κ2) is 8.44. The molecule has 1 saturated heterocycles. The van der Waals surface area contributed by atoms with Crippen molar-refractivity contribution in [3.63, 3.8) is 0 Å². The zero-order chi connectivity index (χ0) is 23.0. The summed E-state index contributed by atoms with van der Waals surface area (Å²) in [5, 5.41) is 5.58. The fourth-order valence-corrected chi connectivity index (χ4v) is 5.14. The summed E-state index contributed by atoms with van der Waals surface area (Å²) in [4.78, 5) is 26.2. The first-order chi connectivity index (χ1) is 15.1. The van der Waals surface area contributed by atoms with Gasteiger partial charge in [0.05, 0.1) is 10.6 Å². The topological polar surface area (TPSA) is 108 Å². The molecule has 170 valence electrons. The largest absolute Gasteiger partial charge is 0.479 e. The standard InChI is InChI=1S/C22H26N4O5S/c1-14-4-5-15(2)18(12-14)24-22(28)25-8-10-26(11-9-25)32(29,30)17-6-7-20-19(13-17)23-21(27)16(3)31-20/h4-7,12-13,16H,8-11H2,1-3H3,(H,23,27)(H,24,28). The minimum atomic E-state index is -3.78. The number of rotatable bonds is 3. The van der Waals surface area contributed by atoms with Crippen molar-refractivity contribution >= 4 is 33.3 Å². The molecule has 3 amide bonds. The predicted octanol–water partition coefficient (Wildman–Crippen LogP) is 2.56. The van der Waals surface area contributed by atoms with Crippen LogP contribution in [0.4, 0.5) is 16.2 Å². The molecule has 10 heteroatoms. The number of carbonyl (C=O) groups is 2. The van der Waals surface area contributed by atoms with Gasteiger partial charge >= 0.3 is 6.03 Å². The summed E-state index contributed by atoms with van der Waals surface area (Å²) in [6, 6.07) is 10.0. The Bertz CT molecular complexity index is 1170. The molecule has 1 unspecified atom stereocenters. The van der Waals surface area contributed by atoms with Crippen LogP contribution in [0.25, 0.3) is 0 Å². The van der Waals surface area contributed by atoms with Crippen LogP contribution in [0.3, 0.4) is 0 Å². The van der Waals surface area contributed by atoms with Gasteiger partial charge in [-0.3, -0.25) is 4.79 Å². The van der Waals surface area contributed by atoms with Crippen LogP contribution in [0.2, 0.25) is 0 Å². The lowest BCUT2D eigenvalue weighted by atomic mass is 10.1. The molecular formula is C22H26N4O5S. The summed E-state index contributed by atoms with van der Waals surface area (Å²) in [5.74, 6) is 0.111. The zero-order valence-electron chi connectivity index (χ0n) is 18.2. The summed E-state index contributed by atoms with van der Waals surface area (Å²) < 4.78 is 33.1. The summed E-state index contributed by atoms with van der Waals surface area (Å²) >= 11 is 0. The molecule has 1 fully saturated rings. The number of carbonyl (C=O) groups excluding carboxylic acids is 2. The SMILES string of the molecule is Cc1ccc(C)c(NC(=O)N2CCN(S(=O)(=O)c3ccc4c(c3)NC(=O)C(C)O4)CC2)c1. The highest BCUT2D eigenvalue weighted by Gasteiger charge is 2.32. The Labute approximate surface area is 187 Å². The fraction of sp³-hybridized carbons (Fsp3) is 0.364. The number of fused-ring (bicyclic) bond motifs is 1. The fourth-order valence-electron chi connectivity index (χ4n) is 3.69. The molecule has 0 spiro atoms. The smallest absolute Gasteiger partial charge is 0.321 e. The van der Waals surface area contributed by atoms with Crippen LogP contribution in [-0.4, -0.2) is 61.8 Å². The number of amides is 3. The molecule has 0 radical (unpaired) electrons. The van der Waals surface area contributed by atoms with E-state index in [4.69, 9.17) is 4.74 Å². The average Bonchev–Trinajstić information content (AvgIpc) is 2.76. The molecule has 0 bridgehead atoms. The number of anilines is 2. The highest BCUT2D eigenvalue weighted by Crippen LogP contribution is 2.33. The molecule has 2 aliphatic heterocycles. The second-order valence-corrected chi connectivity index (χ2v) is 9.98. The van der Waals surface area contributed by atoms with E-state index in [1.807, 2.05) is 32.0 Å². The molecule has 2 heterocycles. The molecule has 0 aromatic heterocycles. The van der Waals surface area contributed by atoms with Crippen LogP contribution < -0.4 is 15.4 Å². The number of sulfonamides is 1. The number of aryl methyl sites for hydroxylation is 2. The van der Waals surface area contributed by atoms with E-state index in [1.165, 1.54) is 16.4 Å². The van der Waals surface area contributed by atoms with Gasteiger partial charge in [0, 0.05) is 31.9 Å². The van der Waals surface area contributed by atoms with E-state index in [2.05, 4.69) is 10.6 Å². The van der Waals surface area contributed by atoms with Gasteiger partial charge in [-0.1, -0.05) is 12.1 Å². The maximum absolute atomic E-state index is 13.1. The third kappa shape index (κ3) is 4.28. The Hall–Kier alpha value is -3.11. The van der Waals surface area contributed by atoms with E-state index < -0.39 is 16.1 Å². The summed E-state index contributed by atoms with van der Waals surface area (Å²) in [5.41, 5.74) is 3.09. The van der Waals surface area contributed by atoms with Gasteiger partial charge in [0.1, 0.15) is 5.75 Å². The molecule has 2 N–H and O–H groups in total. The van der Waals surface area contributed by atoms with Crippen molar-refractivity contribution in [3.05, 3.63) is 47.5 Å². The van der Waals surface area contributed by atoms with Crippen molar-refractivity contribution in [2.45, 2.75) is 31.8 Å². The van der Waals surface area contributed by atoms with Crippen LogP contribution in [0, 0.1) is 13.8 Å². The van der Waals surface area contributed by atoms with Gasteiger partial charge in [-0.2, -0.15) is 4.31 Å². The monoisotopic (exact) mass is 458 g/mol. The number of urea groups is 1. The molecule has 1 atom stereocenters. The first kappa shape index (κ1) is 22.1. The molecule has 0 saturated carbocycles. The Morgan fingerprint density at radius 2 is 1.81 bits per heavy atom. The number of nitrogens with zero attached hydrogens (tertiary/aromatic N) is 2. The van der Waals surface area contributed by atoms with Gasteiger partial charge in [-0.05, 0) is 56.2 Å². The van der Waals surface area contributed by atoms with Gasteiger partial charge in [0.15, 0.2) is 6.10 Å². The predicted molar refractivity (Wildman–Crippen MR) is 120 cm³/mol. The normalized spacial score (nSPS) is 19.0. The average molecular weight is 459 g/mol. The van der Waals surface area contributed by atoms with Crippen molar-refractivity contribution in [2.24, 2.45) is 0 Å². The van der Waals surface area contributed by atoms with Crippen molar-refractivity contribution in [1.29, 1.82) is 0 Å². The number of piperazine rings is 1. The van der Waals surface area contributed by atoms with E-state index in [0.29, 0.717) is 11.4 Å². The van der Waals surface area contributed by atoms with Crippen molar-refractivity contribution < 1.29 is 22.7 Å². The lowest BCUT2D eigenvalue weighted by molar-refractivity contribution is -0.122. The molecule has 2 aliphatic rings. The lowest BCUT2D eigenvalue weighted by Gasteiger charge is -2.34. The van der Waals surface area contributed by atoms with Crippen LogP contribution in [0.15, 0.2) is 41.3 Å². The first-order valence-electron chi connectivity index (χ1n) is 10.4. The van der Waals surface area contributed by atoms with Crippen molar-refractivity contribution in [1.82, 2.24) is 9.21 Å². The van der Waals surface area contributed by atoms with Gasteiger partial charge < -0.3 is 20.3 Å². The molecule has 0 aliphatic carbocycles. The molecule has 2 aromatic carbocycles. The third-order valence-corrected chi connectivity index (χ3v) is 7.57. The van der Waals surface area contributed by atoms with Crippen molar-refractivity contribution in [2.75, 3.05) is 36.8 Å². The second-order valence-electron chi connectivity index (χ2n) is 8.05. The maximum atomic E-state index is 13.1. The number of benzene rings is 2. The third-order valence-electron chi connectivity index (χ3n) is 5.68. The molecular weight excluding hydrogens is 432 g/mol. The van der Waals surface area contributed by atoms with Gasteiger partial charge in [0.2, 0.25) is 10.0 Å². The van der Waals surface area contributed by atoms with Crippen LogP contribution >= 0.6 is 0 Å². The lowest BCUT2D eigenvalue weighted by Crippen LogP contribution is -2.51. The van der Waals surface area contributed by atoms with E-state index in [9.17, 15) is 18.0 Å². The Morgan fingerprint density at radius 1 is 1.09 bits per heavy atom.